The van der Waals surface area contributed by atoms with Crippen molar-refractivity contribution in [3.05, 3.63) is 28.8 Å². The summed E-state index contributed by atoms with van der Waals surface area (Å²) in [4.78, 5) is 0. The van der Waals surface area contributed by atoms with Gasteiger partial charge >= 0.3 is 7.32 Å². The van der Waals surface area contributed by atoms with E-state index in [1.165, 1.54) is 6.07 Å². The van der Waals surface area contributed by atoms with Crippen LogP contribution in [0.2, 0.25) is 5.02 Å². The van der Waals surface area contributed by atoms with Gasteiger partial charge in [-0.2, -0.15) is 0 Å². The molecule has 64 valence electrons. The Balaban J connectivity index is 2.82. The fourth-order valence-electron chi connectivity index (χ4n) is 0.769. The van der Waals surface area contributed by atoms with Crippen molar-refractivity contribution in [2.45, 2.75) is 6.92 Å². The highest BCUT2D eigenvalue weighted by Gasteiger charge is 2.11. The van der Waals surface area contributed by atoms with Gasteiger partial charge in [0.1, 0.15) is 5.75 Å². The normalized spacial score (nSPS) is 9.67. The maximum absolute atomic E-state index is 8.46. The van der Waals surface area contributed by atoms with Crippen LogP contribution in [0, 0.1) is 6.92 Å². The van der Waals surface area contributed by atoms with E-state index in [2.05, 4.69) is 4.65 Å². The van der Waals surface area contributed by atoms with Crippen LogP contribution in [0.3, 0.4) is 0 Å². The predicted molar refractivity (Wildman–Crippen MR) is 47.0 cm³/mol. The summed E-state index contributed by atoms with van der Waals surface area (Å²) in [6, 6.07) is 4.87. The molecular formula is C7H8BClO3. The van der Waals surface area contributed by atoms with Crippen LogP contribution in [0.4, 0.5) is 0 Å². The maximum atomic E-state index is 8.46. The second-order valence-electron chi connectivity index (χ2n) is 2.36. The smallest absolute Gasteiger partial charge is 0.512 e. The van der Waals surface area contributed by atoms with Crippen molar-refractivity contribution in [2.24, 2.45) is 0 Å². The molecule has 0 fully saturated rings. The average Bonchev–Trinajstić information content (AvgIpc) is 1.96. The Morgan fingerprint density at radius 2 is 2.08 bits per heavy atom. The largest absolute Gasteiger partial charge is 0.707 e. The molecule has 1 rings (SSSR count). The van der Waals surface area contributed by atoms with E-state index in [1.54, 1.807) is 12.1 Å². The van der Waals surface area contributed by atoms with Gasteiger partial charge in [0.2, 0.25) is 0 Å². The molecule has 2 N–H and O–H groups in total. The van der Waals surface area contributed by atoms with Crippen LogP contribution in [0.1, 0.15) is 5.56 Å². The van der Waals surface area contributed by atoms with Gasteiger partial charge in [-0.1, -0.05) is 17.7 Å². The fraction of sp³-hybridized carbons (Fsp3) is 0.143. The summed E-state index contributed by atoms with van der Waals surface area (Å²) in [5.74, 6) is 0.334. The summed E-state index contributed by atoms with van der Waals surface area (Å²) < 4.78 is 4.58. The molecule has 0 amide bonds. The molecule has 1 aromatic carbocycles. The van der Waals surface area contributed by atoms with Gasteiger partial charge in [0, 0.05) is 5.02 Å². The van der Waals surface area contributed by atoms with E-state index in [0.717, 1.165) is 5.56 Å². The summed E-state index contributed by atoms with van der Waals surface area (Å²) in [5.41, 5.74) is 0.913. The maximum Gasteiger partial charge on any atom is 0.707 e. The van der Waals surface area contributed by atoms with Crippen LogP contribution >= 0.6 is 11.6 Å². The van der Waals surface area contributed by atoms with Crippen LogP contribution in [0.15, 0.2) is 18.2 Å². The highest BCUT2D eigenvalue weighted by Crippen LogP contribution is 2.21. The SMILES string of the molecule is Cc1ccc(OB(O)O)cc1Cl. The van der Waals surface area contributed by atoms with Crippen molar-refractivity contribution in [1.29, 1.82) is 0 Å². The highest BCUT2D eigenvalue weighted by molar-refractivity contribution is 6.34. The molecule has 0 unspecified atom stereocenters. The van der Waals surface area contributed by atoms with Gasteiger partial charge in [-0.15, -0.1) is 0 Å². The van der Waals surface area contributed by atoms with Gasteiger partial charge in [0.15, 0.2) is 0 Å². The highest BCUT2D eigenvalue weighted by atomic mass is 35.5. The van der Waals surface area contributed by atoms with Crippen molar-refractivity contribution < 1.29 is 14.7 Å². The van der Waals surface area contributed by atoms with Crippen molar-refractivity contribution in [3.63, 3.8) is 0 Å². The number of hydrogen-bond acceptors (Lipinski definition) is 3. The van der Waals surface area contributed by atoms with Crippen molar-refractivity contribution >= 4 is 18.9 Å². The molecule has 12 heavy (non-hydrogen) atoms. The third kappa shape index (κ3) is 2.41. The number of halogens is 1. The van der Waals surface area contributed by atoms with Gasteiger partial charge in [0.05, 0.1) is 0 Å². The average molecular weight is 186 g/mol. The molecule has 0 aromatic heterocycles. The fourth-order valence-corrected chi connectivity index (χ4v) is 0.939. The van der Waals surface area contributed by atoms with Gasteiger partial charge in [-0.25, -0.2) is 0 Å². The minimum Gasteiger partial charge on any atom is -0.512 e. The van der Waals surface area contributed by atoms with Crippen molar-refractivity contribution in [1.82, 2.24) is 0 Å². The van der Waals surface area contributed by atoms with Crippen LogP contribution in [-0.2, 0) is 0 Å². The Morgan fingerprint density at radius 3 is 2.58 bits per heavy atom. The first-order valence-corrected chi connectivity index (χ1v) is 3.76. The van der Waals surface area contributed by atoms with Gasteiger partial charge < -0.3 is 14.7 Å². The lowest BCUT2D eigenvalue weighted by Crippen LogP contribution is -2.20. The van der Waals surface area contributed by atoms with Gasteiger partial charge in [-0.3, -0.25) is 0 Å². The van der Waals surface area contributed by atoms with Crippen LogP contribution in [0.25, 0.3) is 0 Å². The zero-order chi connectivity index (χ0) is 9.14. The first kappa shape index (κ1) is 9.38. The summed E-state index contributed by atoms with van der Waals surface area (Å²) in [5, 5.41) is 17.4. The monoisotopic (exact) mass is 186 g/mol. The molecule has 0 bridgehead atoms. The lowest BCUT2D eigenvalue weighted by atomic mass is 10.2. The molecule has 0 saturated carbocycles. The lowest BCUT2D eigenvalue weighted by molar-refractivity contribution is 0.288. The molecule has 0 heterocycles. The first-order chi connectivity index (χ1) is 5.59. The van der Waals surface area contributed by atoms with E-state index >= 15 is 0 Å². The van der Waals surface area contributed by atoms with E-state index in [9.17, 15) is 0 Å². The quantitative estimate of drug-likeness (QED) is 0.678. The third-order valence-corrected chi connectivity index (χ3v) is 1.79. The van der Waals surface area contributed by atoms with E-state index < -0.39 is 7.32 Å². The molecule has 0 aliphatic carbocycles. The van der Waals surface area contributed by atoms with Crippen LogP contribution < -0.4 is 4.65 Å². The van der Waals surface area contributed by atoms with E-state index in [1.807, 2.05) is 6.92 Å². The van der Waals surface area contributed by atoms with E-state index in [0.29, 0.717) is 10.8 Å². The molecule has 0 aliphatic heterocycles. The lowest BCUT2D eigenvalue weighted by Gasteiger charge is -2.05. The van der Waals surface area contributed by atoms with Crippen molar-refractivity contribution in [3.8, 4) is 5.75 Å². The topological polar surface area (TPSA) is 49.7 Å². The minimum atomic E-state index is -1.80. The Kier molecular flexibility index (Phi) is 2.97. The Hall–Kier alpha value is -0.705. The Bertz CT molecular complexity index is 277. The second-order valence-corrected chi connectivity index (χ2v) is 2.76. The van der Waals surface area contributed by atoms with E-state index in [4.69, 9.17) is 21.6 Å². The number of aryl methyl sites for hydroxylation is 1. The number of rotatable bonds is 2. The predicted octanol–water partition coefficient (Wildman–Crippen LogP) is 0.997. The molecule has 0 atom stereocenters. The molecule has 0 radical (unpaired) electrons. The van der Waals surface area contributed by atoms with Gasteiger partial charge in [0.25, 0.3) is 0 Å². The van der Waals surface area contributed by atoms with Crippen LogP contribution in [-0.4, -0.2) is 17.4 Å². The number of hydrogen-bond donors (Lipinski definition) is 2. The molecule has 3 nitrogen and oxygen atoms in total. The molecule has 5 heteroatoms. The summed E-state index contributed by atoms with van der Waals surface area (Å²) in [6.45, 7) is 1.85. The standard InChI is InChI=1S/C7H8BClO3/c1-5-2-3-6(4-7(5)9)12-8(10)11/h2-4,10-11H,1H3. The summed E-state index contributed by atoms with van der Waals surface area (Å²) in [7, 11) is -1.80. The Morgan fingerprint density at radius 1 is 1.42 bits per heavy atom. The molecule has 0 spiro atoms. The summed E-state index contributed by atoms with van der Waals surface area (Å²) >= 11 is 5.75. The second kappa shape index (κ2) is 3.80. The zero-order valence-corrected chi connectivity index (χ0v) is 7.25. The van der Waals surface area contributed by atoms with Gasteiger partial charge in [-0.05, 0) is 24.6 Å². The van der Waals surface area contributed by atoms with Crippen LogP contribution in [0.5, 0.6) is 5.75 Å². The summed E-state index contributed by atoms with van der Waals surface area (Å²) in [6.07, 6.45) is 0. The van der Waals surface area contributed by atoms with Crippen molar-refractivity contribution in [2.75, 3.05) is 0 Å². The molecule has 0 aliphatic rings. The third-order valence-electron chi connectivity index (χ3n) is 1.38. The minimum absolute atomic E-state index is 0.334. The van der Waals surface area contributed by atoms with E-state index in [-0.39, 0.29) is 0 Å². The molecule has 1 aromatic rings. The molecular weight excluding hydrogens is 178 g/mol. The zero-order valence-electron chi connectivity index (χ0n) is 6.49. The first-order valence-electron chi connectivity index (χ1n) is 3.38. The molecule has 0 saturated heterocycles. The Labute approximate surface area is 75.7 Å². The number of benzene rings is 1.